The van der Waals surface area contributed by atoms with E-state index in [9.17, 15) is 4.79 Å². The Bertz CT molecular complexity index is 404. The zero-order valence-corrected chi connectivity index (χ0v) is 11.9. The quantitative estimate of drug-likeness (QED) is 0.878. The highest BCUT2D eigenvalue weighted by Gasteiger charge is 2.27. The molecule has 3 nitrogen and oxygen atoms in total. The van der Waals surface area contributed by atoms with Gasteiger partial charge in [0.05, 0.1) is 5.41 Å². The van der Waals surface area contributed by atoms with Crippen molar-refractivity contribution in [2.24, 2.45) is 5.41 Å². The van der Waals surface area contributed by atoms with E-state index in [-0.39, 0.29) is 6.04 Å². The Morgan fingerprint density at radius 2 is 2.18 bits per heavy atom. The number of carbonyl (C=O) groups is 1. The molecule has 0 aliphatic carbocycles. The van der Waals surface area contributed by atoms with Crippen LogP contribution in [0.5, 0.6) is 0 Å². The van der Waals surface area contributed by atoms with Crippen molar-refractivity contribution in [3.05, 3.63) is 34.3 Å². The predicted octanol–water partition coefficient (Wildman–Crippen LogP) is 3.21. The maximum absolute atomic E-state index is 11.0. The van der Waals surface area contributed by atoms with Gasteiger partial charge in [-0.25, -0.2) is 0 Å². The molecule has 4 heteroatoms. The molecular formula is C13H18BrNO2. The minimum atomic E-state index is -0.786. The van der Waals surface area contributed by atoms with Gasteiger partial charge in [-0.3, -0.25) is 4.79 Å². The average molecular weight is 300 g/mol. The van der Waals surface area contributed by atoms with Crippen molar-refractivity contribution in [2.45, 2.75) is 26.8 Å². The van der Waals surface area contributed by atoms with Crippen molar-refractivity contribution in [2.75, 3.05) is 6.54 Å². The van der Waals surface area contributed by atoms with E-state index >= 15 is 0 Å². The Morgan fingerprint density at radius 3 is 2.71 bits per heavy atom. The standard InChI is InChI=1S/C13H18BrNO2/c1-9(10-5-4-6-11(14)7-10)15-8-13(2,3)12(16)17/h4-7,9,15H,8H2,1-3H3,(H,16,17). The number of carboxylic acid groups (broad SMARTS) is 1. The second-order valence-corrected chi connectivity index (χ2v) is 5.76. The van der Waals surface area contributed by atoms with Gasteiger partial charge in [-0.15, -0.1) is 0 Å². The number of hydrogen-bond donors (Lipinski definition) is 2. The minimum absolute atomic E-state index is 0.131. The molecular weight excluding hydrogens is 282 g/mol. The van der Waals surface area contributed by atoms with E-state index in [1.807, 2.05) is 31.2 Å². The topological polar surface area (TPSA) is 49.3 Å². The minimum Gasteiger partial charge on any atom is -0.481 e. The second kappa shape index (κ2) is 5.65. The zero-order chi connectivity index (χ0) is 13.1. The summed E-state index contributed by atoms with van der Waals surface area (Å²) in [7, 11) is 0. The molecule has 0 amide bonds. The van der Waals surface area contributed by atoms with Gasteiger partial charge in [0.15, 0.2) is 0 Å². The van der Waals surface area contributed by atoms with Gasteiger partial charge in [-0.05, 0) is 38.5 Å². The summed E-state index contributed by atoms with van der Waals surface area (Å²) < 4.78 is 1.03. The molecule has 0 aliphatic heterocycles. The van der Waals surface area contributed by atoms with Crippen molar-refractivity contribution in [3.63, 3.8) is 0 Å². The van der Waals surface area contributed by atoms with Gasteiger partial charge < -0.3 is 10.4 Å². The monoisotopic (exact) mass is 299 g/mol. The van der Waals surface area contributed by atoms with Crippen molar-refractivity contribution < 1.29 is 9.90 Å². The van der Waals surface area contributed by atoms with Gasteiger partial charge in [0, 0.05) is 17.1 Å². The van der Waals surface area contributed by atoms with E-state index in [4.69, 9.17) is 5.11 Å². The fourth-order valence-electron chi connectivity index (χ4n) is 1.38. The van der Waals surface area contributed by atoms with Gasteiger partial charge in [-0.2, -0.15) is 0 Å². The van der Waals surface area contributed by atoms with Crippen LogP contribution < -0.4 is 5.32 Å². The first-order valence-corrected chi connectivity index (χ1v) is 6.34. The van der Waals surface area contributed by atoms with E-state index < -0.39 is 11.4 Å². The maximum atomic E-state index is 11.0. The number of nitrogens with one attached hydrogen (secondary N) is 1. The molecule has 0 spiro atoms. The first-order valence-electron chi connectivity index (χ1n) is 5.55. The number of halogens is 1. The van der Waals surface area contributed by atoms with Gasteiger partial charge >= 0.3 is 5.97 Å². The third kappa shape index (κ3) is 4.13. The number of rotatable bonds is 5. The molecule has 1 unspecified atom stereocenters. The summed E-state index contributed by atoms with van der Waals surface area (Å²) in [5.41, 5.74) is 0.390. The second-order valence-electron chi connectivity index (χ2n) is 4.85. The maximum Gasteiger partial charge on any atom is 0.310 e. The molecule has 1 atom stereocenters. The summed E-state index contributed by atoms with van der Waals surface area (Å²) in [5, 5.41) is 12.3. The molecule has 17 heavy (non-hydrogen) atoms. The summed E-state index contributed by atoms with van der Waals surface area (Å²) in [6.07, 6.45) is 0. The van der Waals surface area contributed by atoms with Crippen LogP contribution in [0.3, 0.4) is 0 Å². The van der Waals surface area contributed by atoms with Crippen molar-refractivity contribution in [1.29, 1.82) is 0 Å². The number of benzene rings is 1. The Balaban J connectivity index is 2.62. The molecule has 1 rings (SSSR count). The van der Waals surface area contributed by atoms with Gasteiger partial charge in [0.1, 0.15) is 0 Å². The van der Waals surface area contributed by atoms with Crippen LogP contribution in [0.1, 0.15) is 32.4 Å². The summed E-state index contributed by atoms with van der Waals surface area (Å²) in [6, 6.07) is 8.13. The van der Waals surface area contributed by atoms with Crippen molar-refractivity contribution in [3.8, 4) is 0 Å². The molecule has 0 bridgehead atoms. The summed E-state index contributed by atoms with van der Waals surface area (Å²) in [6.45, 7) is 5.90. The highest BCUT2D eigenvalue weighted by molar-refractivity contribution is 9.10. The normalized spacial score (nSPS) is 13.4. The number of aliphatic carboxylic acids is 1. The molecule has 0 saturated carbocycles. The Labute approximate surface area is 110 Å². The first-order chi connectivity index (χ1) is 7.83. The highest BCUT2D eigenvalue weighted by atomic mass is 79.9. The van der Waals surface area contributed by atoms with E-state index in [1.165, 1.54) is 0 Å². The molecule has 0 radical (unpaired) electrons. The molecule has 1 aromatic carbocycles. The van der Waals surface area contributed by atoms with Gasteiger partial charge in [-0.1, -0.05) is 28.1 Å². The van der Waals surface area contributed by atoms with Crippen molar-refractivity contribution >= 4 is 21.9 Å². The van der Waals surface area contributed by atoms with Crippen LogP contribution in [-0.2, 0) is 4.79 Å². The molecule has 0 saturated heterocycles. The van der Waals surface area contributed by atoms with E-state index in [0.29, 0.717) is 6.54 Å². The van der Waals surface area contributed by atoms with Crippen LogP contribution in [0.15, 0.2) is 28.7 Å². The average Bonchev–Trinajstić information content (AvgIpc) is 2.25. The van der Waals surface area contributed by atoms with Gasteiger partial charge in [0.2, 0.25) is 0 Å². The lowest BCUT2D eigenvalue weighted by atomic mass is 9.93. The molecule has 0 aromatic heterocycles. The van der Waals surface area contributed by atoms with Crippen LogP contribution in [0, 0.1) is 5.41 Å². The molecule has 0 aliphatic rings. The Morgan fingerprint density at radius 1 is 1.53 bits per heavy atom. The Kier molecular flexibility index (Phi) is 4.71. The lowest BCUT2D eigenvalue weighted by Gasteiger charge is -2.23. The molecule has 1 aromatic rings. The Hall–Kier alpha value is -0.870. The van der Waals surface area contributed by atoms with E-state index in [2.05, 4.69) is 21.2 Å². The summed E-state index contributed by atoms with van der Waals surface area (Å²) in [5.74, 6) is -0.786. The molecule has 2 N–H and O–H groups in total. The number of carboxylic acids is 1. The zero-order valence-electron chi connectivity index (χ0n) is 10.3. The molecule has 0 fully saturated rings. The first kappa shape index (κ1) is 14.2. The predicted molar refractivity (Wildman–Crippen MR) is 72.0 cm³/mol. The fourth-order valence-corrected chi connectivity index (χ4v) is 1.79. The summed E-state index contributed by atoms with van der Waals surface area (Å²) >= 11 is 3.42. The lowest BCUT2D eigenvalue weighted by Crippen LogP contribution is -2.37. The largest absolute Gasteiger partial charge is 0.481 e. The number of hydrogen-bond acceptors (Lipinski definition) is 2. The smallest absolute Gasteiger partial charge is 0.310 e. The van der Waals surface area contributed by atoms with Crippen LogP contribution in [0.25, 0.3) is 0 Å². The van der Waals surface area contributed by atoms with Crippen LogP contribution in [-0.4, -0.2) is 17.6 Å². The van der Waals surface area contributed by atoms with Crippen LogP contribution >= 0.6 is 15.9 Å². The molecule has 94 valence electrons. The summed E-state index contributed by atoms with van der Waals surface area (Å²) in [4.78, 5) is 11.0. The van der Waals surface area contributed by atoms with E-state index in [0.717, 1.165) is 10.0 Å². The third-order valence-corrected chi connectivity index (χ3v) is 3.27. The SMILES string of the molecule is CC(NCC(C)(C)C(=O)O)c1cccc(Br)c1. The van der Waals surface area contributed by atoms with Crippen molar-refractivity contribution in [1.82, 2.24) is 5.32 Å². The highest BCUT2D eigenvalue weighted by Crippen LogP contribution is 2.20. The third-order valence-electron chi connectivity index (χ3n) is 2.78. The van der Waals surface area contributed by atoms with Crippen LogP contribution in [0.2, 0.25) is 0 Å². The lowest BCUT2D eigenvalue weighted by molar-refractivity contribution is -0.146. The molecule has 0 heterocycles. The van der Waals surface area contributed by atoms with E-state index in [1.54, 1.807) is 13.8 Å². The fraction of sp³-hybridized carbons (Fsp3) is 0.462. The van der Waals surface area contributed by atoms with Gasteiger partial charge in [0.25, 0.3) is 0 Å². The van der Waals surface area contributed by atoms with Crippen LogP contribution in [0.4, 0.5) is 0 Å².